The number of benzene rings is 1. The summed E-state index contributed by atoms with van der Waals surface area (Å²) in [6.07, 6.45) is 3.74. The highest BCUT2D eigenvalue weighted by atomic mass is 79.9. The van der Waals surface area contributed by atoms with Crippen LogP contribution in [0, 0.1) is 6.92 Å². The predicted molar refractivity (Wildman–Crippen MR) is 85.9 cm³/mol. The van der Waals surface area contributed by atoms with E-state index in [1.807, 2.05) is 32.3 Å². The Labute approximate surface area is 133 Å². The molecule has 0 aliphatic heterocycles. The lowest BCUT2D eigenvalue weighted by Crippen LogP contribution is -2.10. The smallest absolute Gasteiger partial charge is 0.175 e. The van der Waals surface area contributed by atoms with Gasteiger partial charge in [0.15, 0.2) is 11.5 Å². The van der Waals surface area contributed by atoms with E-state index in [2.05, 4.69) is 30.8 Å². The predicted octanol–water partition coefficient (Wildman–Crippen LogP) is 2.76. The number of methoxy groups -OCH3 is 1. The molecule has 0 aliphatic rings. The van der Waals surface area contributed by atoms with Crippen molar-refractivity contribution in [1.82, 2.24) is 14.9 Å². The van der Waals surface area contributed by atoms with Gasteiger partial charge in [-0.3, -0.25) is 0 Å². The lowest BCUT2D eigenvalue weighted by Gasteiger charge is -2.15. The molecule has 6 heteroatoms. The van der Waals surface area contributed by atoms with Crippen LogP contribution < -0.4 is 14.8 Å². The largest absolute Gasteiger partial charge is 0.493 e. The number of aromatic nitrogens is 2. The lowest BCUT2D eigenvalue weighted by molar-refractivity contribution is 0.277. The maximum absolute atomic E-state index is 5.88. The minimum atomic E-state index is 0.553. The van der Waals surface area contributed by atoms with Crippen LogP contribution >= 0.6 is 15.9 Å². The lowest BCUT2D eigenvalue weighted by atomic mass is 10.2. The third kappa shape index (κ3) is 3.98. The first kappa shape index (κ1) is 15.9. The Bertz CT molecular complexity index is 599. The molecule has 5 nitrogen and oxygen atoms in total. The van der Waals surface area contributed by atoms with Gasteiger partial charge in [0.25, 0.3) is 0 Å². The molecule has 0 saturated carbocycles. The van der Waals surface area contributed by atoms with E-state index in [1.54, 1.807) is 13.3 Å². The quantitative estimate of drug-likeness (QED) is 0.831. The maximum atomic E-state index is 5.88. The number of halogens is 1. The highest BCUT2D eigenvalue weighted by Crippen LogP contribution is 2.36. The first-order valence-electron chi connectivity index (χ1n) is 6.77. The summed E-state index contributed by atoms with van der Waals surface area (Å²) in [6, 6.07) is 4.02. The van der Waals surface area contributed by atoms with Crippen molar-refractivity contribution in [2.75, 3.05) is 20.8 Å². The standard InChI is InChI=1S/C15H20BrN3O2/c1-11-18-4-5-19(11)6-7-21-15-13(16)8-12(10-17-2)9-14(15)20-3/h4-5,8-9,17H,6-7,10H2,1-3H3. The van der Waals surface area contributed by atoms with Crippen molar-refractivity contribution in [3.05, 3.63) is 40.4 Å². The zero-order valence-electron chi connectivity index (χ0n) is 12.5. The molecule has 0 atom stereocenters. The first-order chi connectivity index (χ1) is 10.2. The highest BCUT2D eigenvalue weighted by Gasteiger charge is 2.11. The molecule has 1 heterocycles. The number of rotatable bonds is 7. The van der Waals surface area contributed by atoms with Gasteiger partial charge in [-0.25, -0.2) is 4.98 Å². The van der Waals surface area contributed by atoms with Gasteiger partial charge in [-0.15, -0.1) is 0 Å². The summed E-state index contributed by atoms with van der Waals surface area (Å²) in [5, 5.41) is 3.12. The number of imidazole rings is 1. The molecule has 0 aliphatic carbocycles. The van der Waals surface area contributed by atoms with Crippen LogP contribution in [-0.4, -0.2) is 30.3 Å². The number of hydrogen-bond acceptors (Lipinski definition) is 4. The van der Waals surface area contributed by atoms with Gasteiger partial charge >= 0.3 is 0 Å². The average Bonchev–Trinajstić information content (AvgIpc) is 2.86. The zero-order valence-corrected chi connectivity index (χ0v) is 14.1. The van der Waals surface area contributed by atoms with Crippen molar-refractivity contribution in [2.24, 2.45) is 0 Å². The summed E-state index contributed by atoms with van der Waals surface area (Å²) in [7, 11) is 3.57. The van der Waals surface area contributed by atoms with E-state index in [4.69, 9.17) is 9.47 Å². The monoisotopic (exact) mass is 353 g/mol. The van der Waals surface area contributed by atoms with Crippen molar-refractivity contribution in [2.45, 2.75) is 20.0 Å². The minimum Gasteiger partial charge on any atom is -0.493 e. The molecule has 2 rings (SSSR count). The van der Waals surface area contributed by atoms with E-state index in [0.29, 0.717) is 6.61 Å². The van der Waals surface area contributed by atoms with Gasteiger partial charge in [0.1, 0.15) is 12.4 Å². The van der Waals surface area contributed by atoms with Gasteiger partial charge in [0.2, 0.25) is 0 Å². The Morgan fingerprint density at radius 3 is 2.81 bits per heavy atom. The fourth-order valence-corrected chi connectivity index (χ4v) is 2.71. The Balaban J connectivity index is 2.06. The van der Waals surface area contributed by atoms with Gasteiger partial charge in [-0.2, -0.15) is 0 Å². The number of nitrogens with one attached hydrogen (secondary N) is 1. The maximum Gasteiger partial charge on any atom is 0.175 e. The third-order valence-corrected chi connectivity index (χ3v) is 3.76. The summed E-state index contributed by atoms with van der Waals surface area (Å²) in [6.45, 7) is 4.06. The van der Waals surface area contributed by atoms with Crippen LogP contribution in [0.3, 0.4) is 0 Å². The molecule has 0 saturated heterocycles. The van der Waals surface area contributed by atoms with E-state index in [9.17, 15) is 0 Å². The number of aryl methyl sites for hydroxylation is 1. The minimum absolute atomic E-state index is 0.553. The molecule has 0 fully saturated rings. The molecular formula is C15H20BrN3O2. The molecule has 0 spiro atoms. The van der Waals surface area contributed by atoms with Crippen LogP contribution in [0.15, 0.2) is 29.0 Å². The van der Waals surface area contributed by atoms with E-state index in [1.165, 1.54) is 0 Å². The second-order valence-corrected chi connectivity index (χ2v) is 5.51. The van der Waals surface area contributed by atoms with Crippen molar-refractivity contribution in [1.29, 1.82) is 0 Å². The topological polar surface area (TPSA) is 48.3 Å². The van der Waals surface area contributed by atoms with Crippen LogP contribution in [-0.2, 0) is 13.1 Å². The summed E-state index contributed by atoms with van der Waals surface area (Å²) >= 11 is 3.55. The van der Waals surface area contributed by atoms with E-state index in [-0.39, 0.29) is 0 Å². The molecule has 1 aromatic heterocycles. The average molecular weight is 354 g/mol. The molecule has 21 heavy (non-hydrogen) atoms. The first-order valence-corrected chi connectivity index (χ1v) is 7.56. The third-order valence-electron chi connectivity index (χ3n) is 3.17. The molecule has 1 N–H and O–H groups in total. The van der Waals surface area contributed by atoms with E-state index >= 15 is 0 Å². The van der Waals surface area contributed by atoms with Gasteiger partial charge in [-0.1, -0.05) is 0 Å². The van der Waals surface area contributed by atoms with Crippen LogP contribution in [0.25, 0.3) is 0 Å². The Morgan fingerprint density at radius 2 is 2.19 bits per heavy atom. The number of nitrogens with zero attached hydrogens (tertiary/aromatic N) is 2. The van der Waals surface area contributed by atoms with Crippen LogP contribution in [0.5, 0.6) is 11.5 Å². The van der Waals surface area contributed by atoms with Gasteiger partial charge in [-0.05, 0) is 47.6 Å². The second-order valence-electron chi connectivity index (χ2n) is 4.66. The van der Waals surface area contributed by atoms with Crippen LogP contribution in [0.2, 0.25) is 0 Å². The van der Waals surface area contributed by atoms with Crippen molar-refractivity contribution >= 4 is 15.9 Å². The van der Waals surface area contributed by atoms with Crippen molar-refractivity contribution in [3.8, 4) is 11.5 Å². The fourth-order valence-electron chi connectivity index (χ4n) is 2.11. The highest BCUT2D eigenvalue weighted by molar-refractivity contribution is 9.10. The Kier molecular flexibility index (Phi) is 5.64. The van der Waals surface area contributed by atoms with Crippen LogP contribution in [0.1, 0.15) is 11.4 Å². The van der Waals surface area contributed by atoms with E-state index < -0.39 is 0 Å². The zero-order chi connectivity index (χ0) is 15.2. The Morgan fingerprint density at radius 1 is 1.38 bits per heavy atom. The van der Waals surface area contributed by atoms with Crippen LogP contribution in [0.4, 0.5) is 0 Å². The van der Waals surface area contributed by atoms with E-state index in [0.717, 1.165) is 40.4 Å². The summed E-state index contributed by atoms with van der Waals surface area (Å²) in [4.78, 5) is 4.19. The van der Waals surface area contributed by atoms with Crippen molar-refractivity contribution in [3.63, 3.8) is 0 Å². The SMILES string of the molecule is CNCc1cc(Br)c(OCCn2ccnc2C)c(OC)c1. The molecule has 0 bridgehead atoms. The summed E-state index contributed by atoms with van der Waals surface area (Å²) in [5.41, 5.74) is 1.14. The number of ether oxygens (including phenoxy) is 2. The van der Waals surface area contributed by atoms with Gasteiger partial charge in [0, 0.05) is 18.9 Å². The molecule has 0 radical (unpaired) electrons. The second kappa shape index (κ2) is 7.47. The molecule has 114 valence electrons. The fraction of sp³-hybridized carbons (Fsp3) is 0.400. The van der Waals surface area contributed by atoms with Gasteiger partial charge in [0.05, 0.1) is 18.1 Å². The molecule has 0 unspecified atom stereocenters. The summed E-state index contributed by atoms with van der Waals surface area (Å²) < 4.78 is 14.3. The molecule has 1 aromatic carbocycles. The molecule has 0 amide bonds. The van der Waals surface area contributed by atoms with Crippen molar-refractivity contribution < 1.29 is 9.47 Å². The Hall–Kier alpha value is -1.53. The summed E-state index contributed by atoms with van der Waals surface area (Å²) in [5.74, 6) is 2.45. The number of hydrogen-bond donors (Lipinski definition) is 1. The normalized spacial score (nSPS) is 10.7. The molecule has 2 aromatic rings. The van der Waals surface area contributed by atoms with Gasteiger partial charge < -0.3 is 19.4 Å². The molecular weight excluding hydrogens is 334 g/mol.